The van der Waals surface area contributed by atoms with Crippen molar-refractivity contribution in [2.24, 2.45) is 5.90 Å². The summed E-state index contributed by atoms with van der Waals surface area (Å²) in [5.41, 5.74) is 5.07. The van der Waals surface area contributed by atoms with Crippen LogP contribution >= 0.6 is 0 Å². The minimum atomic E-state index is -0.400. The molecule has 1 amide bonds. The zero-order valence-electron chi connectivity index (χ0n) is 13.7. The molecule has 6 nitrogen and oxygen atoms in total. The van der Waals surface area contributed by atoms with Gasteiger partial charge in [0, 0.05) is 25.3 Å². The van der Waals surface area contributed by atoms with E-state index in [0.29, 0.717) is 0 Å². The minimum absolute atomic E-state index is 0.0997. The molecule has 0 unspecified atom stereocenters. The van der Waals surface area contributed by atoms with Crippen LogP contribution in [0.1, 0.15) is 29.5 Å². The lowest BCUT2D eigenvalue weighted by atomic mass is 9.89. The summed E-state index contributed by atoms with van der Waals surface area (Å²) < 4.78 is 0. The maximum atomic E-state index is 12.1. The van der Waals surface area contributed by atoms with E-state index in [9.17, 15) is 10.1 Å². The second-order valence-corrected chi connectivity index (χ2v) is 6.18. The van der Waals surface area contributed by atoms with E-state index in [4.69, 9.17) is 5.90 Å². The molecule has 2 aliphatic heterocycles. The molecule has 1 aromatic carbocycles. The SMILES string of the molecule is N#C/C(=C\c1cc2c3c(c1)CCCN3CCC2)C(=O)NCCON. The lowest BCUT2D eigenvalue weighted by Gasteiger charge is -2.37. The number of hydrogen-bond acceptors (Lipinski definition) is 5. The summed E-state index contributed by atoms with van der Waals surface area (Å²) in [6.07, 6.45) is 6.10. The maximum Gasteiger partial charge on any atom is 0.262 e. The van der Waals surface area contributed by atoms with Crippen molar-refractivity contribution >= 4 is 17.7 Å². The zero-order valence-corrected chi connectivity index (χ0v) is 13.7. The molecule has 0 atom stereocenters. The number of nitrogens with one attached hydrogen (secondary N) is 1. The number of carbonyl (C=O) groups excluding carboxylic acids is 1. The highest BCUT2D eigenvalue weighted by Gasteiger charge is 2.24. The summed E-state index contributed by atoms with van der Waals surface area (Å²) in [4.78, 5) is 18.9. The van der Waals surface area contributed by atoms with Crippen LogP contribution in [-0.2, 0) is 22.5 Å². The second kappa shape index (κ2) is 7.47. The van der Waals surface area contributed by atoms with E-state index in [0.717, 1.165) is 44.3 Å². The van der Waals surface area contributed by atoms with E-state index in [1.54, 1.807) is 6.08 Å². The van der Waals surface area contributed by atoms with Crippen LogP contribution in [0.3, 0.4) is 0 Å². The Morgan fingerprint density at radius 1 is 1.33 bits per heavy atom. The molecule has 126 valence electrons. The van der Waals surface area contributed by atoms with Crippen molar-refractivity contribution in [1.82, 2.24) is 5.32 Å². The molecule has 0 saturated carbocycles. The Hall–Kier alpha value is -2.36. The van der Waals surface area contributed by atoms with E-state index < -0.39 is 5.91 Å². The summed E-state index contributed by atoms with van der Waals surface area (Å²) in [6, 6.07) is 6.21. The highest BCUT2D eigenvalue weighted by Crippen LogP contribution is 2.36. The molecule has 0 aliphatic carbocycles. The maximum absolute atomic E-state index is 12.1. The van der Waals surface area contributed by atoms with Gasteiger partial charge in [0.25, 0.3) is 5.91 Å². The number of nitrogens with zero attached hydrogens (tertiary/aromatic N) is 2. The number of carbonyl (C=O) groups is 1. The Kier molecular flexibility index (Phi) is 5.14. The van der Waals surface area contributed by atoms with Gasteiger partial charge in [0.2, 0.25) is 0 Å². The topological polar surface area (TPSA) is 91.4 Å². The van der Waals surface area contributed by atoms with Gasteiger partial charge in [-0.15, -0.1) is 0 Å². The number of nitriles is 1. The summed E-state index contributed by atoms with van der Waals surface area (Å²) in [5.74, 6) is 4.53. The summed E-state index contributed by atoms with van der Waals surface area (Å²) >= 11 is 0. The fourth-order valence-electron chi connectivity index (χ4n) is 3.55. The van der Waals surface area contributed by atoms with E-state index in [1.807, 2.05) is 6.07 Å². The smallest absolute Gasteiger partial charge is 0.262 e. The Morgan fingerprint density at radius 3 is 2.58 bits per heavy atom. The molecule has 3 N–H and O–H groups in total. The van der Waals surface area contributed by atoms with Crippen LogP contribution in [0.2, 0.25) is 0 Å². The van der Waals surface area contributed by atoms with Crippen molar-refractivity contribution in [1.29, 1.82) is 5.26 Å². The average molecular weight is 326 g/mol. The van der Waals surface area contributed by atoms with Crippen LogP contribution in [0.5, 0.6) is 0 Å². The molecular formula is C18H22N4O2. The first-order valence-corrected chi connectivity index (χ1v) is 8.35. The standard InChI is InChI=1S/C18H22N4O2/c19-12-16(18(23)21-5-8-24-20)11-13-9-14-3-1-6-22-7-2-4-15(10-13)17(14)22/h9-11H,1-8,20H2,(H,21,23)/b16-11+. The van der Waals surface area contributed by atoms with Gasteiger partial charge in [-0.2, -0.15) is 5.26 Å². The third-order valence-electron chi connectivity index (χ3n) is 4.54. The molecule has 0 fully saturated rings. The van der Waals surface area contributed by atoms with Gasteiger partial charge in [0.05, 0.1) is 6.61 Å². The molecule has 2 aliphatic rings. The Balaban J connectivity index is 1.86. The third kappa shape index (κ3) is 3.42. The number of amides is 1. The van der Waals surface area contributed by atoms with Gasteiger partial charge in [0.1, 0.15) is 11.6 Å². The van der Waals surface area contributed by atoms with Crippen molar-refractivity contribution in [3.63, 3.8) is 0 Å². The number of rotatable bonds is 5. The van der Waals surface area contributed by atoms with Crippen molar-refractivity contribution in [3.05, 3.63) is 34.4 Å². The van der Waals surface area contributed by atoms with E-state index in [1.165, 1.54) is 16.8 Å². The molecule has 2 heterocycles. The minimum Gasteiger partial charge on any atom is -0.371 e. The molecule has 0 radical (unpaired) electrons. The van der Waals surface area contributed by atoms with Crippen LogP contribution in [0.25, 0.3) is 6.08 Å². The normalized spacial score (nSPS) is 16.3. The monoisotopic (exact) mass is 326 g/mol. The third-order valence-corrected chi connectivity index (χ3v) is 4.54. The molecular weight excluding hydrogens is 304 g/mol. The first-order chi connectivity index (χ1) is 11.7. The van der Waals surface area contributed by atoms with E-state index in [-0.39, 0.29) is 18.7 Å². The number of anilines is 1. The van der Waals surface area contributed by atoms with E-state index >= 15 is 0 Å². The van der Waals surface area contributed by atoms with Gasteiger partial charge in [-0.1, -0.05) is 0 Å². The summed E-state index contributed by atoms with van der Waals surface area (Å²) in [6.45, 7) is 2.75. The average Bonchev–Trinajstić information content (AvgIpc) is 2.60. The van der Waals surface area contributed by atoms with Crippen molar-refractivity contribution in [2.45, 2.75) is 25.7 Å². The number of benzene rings is 1. The highest BCUT2D eigenvalue weighted by molar-refractivity contribution is 6.01. The molecule has 1 aromatic rings. The van der Waals surface area contributed by atoms with Crippen LogP contribution in [0, 0.1) is 11.3 Å². The largest absolute Gasteiger partial charge is 0.371 e. The predicted molar refractivity (Wildman–Crippen MR) is 92.0 cm³/mol. The lowest BCUT2D eigenvalue weighted by Crippen LogP contribution is -2.34. The fourth-order valence-corrected chi connectivity index (χ4v) is 3.55. The molecule has 0 spiro atoms. The van der Waals surface area contributed by atoms with Crippen molar-refractivity contribution in [2.75, 3.05) is 31.1 Å². The molecule has 3 rings (SSSR count). The van der Waals surface area contributed by atoms with Gasteiger partial charge >= 0.3 is 0 Å². The van der Waals surface area contributed by atoms with Crippen LogP contribution in [0.4, 0.5) is 5.69 Å². The number of hydrogen-bond donors (Lipinski definition) is 2. The van der Waals surface area contributed by atoms with Crippen molar-refractivity contribution in [3.8, 4) is 6.07 Å². The molecule has 0 saturated heterocycles. The predicted octanol–water partition coefficient (Wildman–Crippen LogP) is 1.30. The van der Waals surface area contributed by atoms with Gasteiger partial charge in [-0.25, -0.2) is 5.90 Å². The lowest BCUT2D eigenvalue weighted by molar-refractivity contribution is -0.117. The Bertz CT molecular complexity index is 674. The van der Waals surface area contributed by atoms with Gasteiger partial charge in [-0.05, 0) is 60.6 Å². The van der Waals surface area contributed by atoms with Gasteiger partial charge in [-0.3, -0.25) is 4.79 Å². The molecule has 0 aromatic heterocycles. The van der Waals surface area contributed by atoms with Crippen LogP contribution < -0.4 is 16.1 Å². The van der Waals surface area contributed by atoms with Crippen molar-refractivity contribution < 1.29 is 9.63 Å². The first kappa shape index (κ1) is 16.5. The quantitative estimate of drug-likeness (QED) is 0.368. The van der Waals surface area contributed by atoms with Crippen LogP contribution in [-0.4, -0.2) is 32.1 Å². The summed E-state index contributed by atoms with van der Waals surface area (Å²) in [7, 11) is 0. The highest BCUT2D eigenvalue weighted by atomic mass is 16.6. The number of aryl methyl sites for hydroxylation is 2. The summed E-state index contributed by atoms with van der Waals surface area (Å²) in [5, 5.41) is 11.9. The fraction of sp³-hybridized carbons (Fsp3) is 0.444. The van der Waals surface area contributed by atoms with Crippen LogP contribution in [0.15, 0.2) is 17.7 Å². The Morgan fingerprint density at radius 2 is 2.00 bits per heavy atom. The van der Waals surface area contributed by atoms with E-state index in [2.05, 4.69) is 27.2 Å². The zero-order chi connectivity index (χ0) is 16.9. The van der Waals surface area contributed by atoms with Gasteiger partial charge in [0.15, 0.2) is 0 Å². The molecule has 24 heavy (non-hydrogen) atoms. The Labute approximate surface area is 141 Å². The first-order valence-electron chi connectivity index (χ1n) is 8.35. The molecule has 6 heteroatoms. The second-order valence-electron chi connectivity index (χ2n) is 6.18. The number of nitrogens with two attached hydrogens (primary N) is 1. The van der Waals surface area contributed by atoms with Gasteiger partial charge < -0.3 is 15.1 Å². The molecule has 0 bridgehead atoms.